The van der Waals surface area contributed by atoms with Crippen LogP contribution in [-0.2, 0) is 18.3 Å². The number of nitrogens with zero attached hydrogens (tertiary/aromatic N) is 3. The lowest BCUT2D eigenvalue weighted by atomic mass is 10.2. The van der Waals surface area contributed by atoms with Crippen LogP contribution < -0.4 is 5.32 Å². The lowest BCUT2D eigenvalue weighted by molar-refractivity contribution is 0.0601. The maximum absolute atomic E-state index is 11.3. The Kier molecular flexibility index (Phi) is 3.57. The quantitative estimate of drug-likeness (QED) is 0.821. The lowest BCUT2D eigenvalue weighted by Gasteiger charge is -2.06. The number of esters is 1. The topological polar surface area (TPSA) is 69.0 Å². The molecule has 1 heterocycles. The Morgan fingerprint density at radius 2 is 2.11 bits per heavy atom. The molecule has 2 aromatic rings. The van der Waals surface area contributed by atoms with Gasteiger partial charge in [0.25, 0.3) is 0 Å². The first-order valence-electron chi connectivity index (χ1n) is 5.46. The zero-order valence-corrected chi connectivity index (χ0v) is 10.3. The van der Waals surface area contributed by atoms with Gasteiger partial charge in [0, 0.05) is 12.7 Å². The molecule has 0 amide bonds. The third-order valence-corrected chi connectivity index (χ3v) is 2.59. The Bertz CT molecular complexity index is 533. The minimum absolute atomic E-state index is 0.336. The SMILES string of the molecule is COC(=O)c1ccc(NCc2cnnn2C)cc1. The number of carbonyl (C=O) groups is 1. The molecule has 0 radical (unpaired) electrons. The van der Waals surface area contributed by atoms with E-state index in [2.05, 4.69) is 20.4 Å². The standard InChI is InChI=1S/C12H14N4O2/c1-16-11(8-14-15-16)7-13-10-5-3-9(4-6-10)12(17)18-2/h3-6,8,13H,7H2,1-2H3. The first kappa shape index (κ1) is 12.1. The van der Waals surface area contributed by atoms with E-state index in [9.17, 15) is 4.79 Å². The molecule has 0 fully saturated rings. The van der Waals surface area contributed by atoms with Crippen molar-refractivity contribution in [3.8, 4) is 0 Å². The average Bonchev–Trinajstić information content (AvgIpc) is 2.81. The van der Waals surface area contributed by atoms with Crippen molar-refractivity contribution in [2.75, 3.05) is 12.4 Å². The van der Waals surface area contributed by atoms with Crippen molar-refractivity contribution < 1.29 is 9.53 Å². The zero-order valence-electron chi connectivity index (χ0n) is 10.3. The lowest BCUT2D eigenvalue weighted by Crippen LogP contribution is -2.06. The molecule has 0 unspecified atom stereocenters. The van der Waals surface area contributed by atoms with E-state index in [0.717, 1.165) is 11.4 Å². The summed E-state index contributed by atoms with van der Waals surface area (Å²) in [5, 5.41) is 10.9. The Balaban J connectivity index is 1.98. The molecule has 94 valence electrons. The summed E-state index contributed by atoms with van der Waals surface area (Å²) < 4.78 is 6.34. The number of hydrogen-bond donors (Lipinski definition) is 1. The van der Waals surface area contributed by atoms with E-state index in [1.165, 1.54) is 7.11 Å². The monoisotopic (exact) mass is 246 g/mol. The van der Waals surface area contributed by atoms with Gasteiger partial charge in [-0.15, -0.1) is 5.10 Å². The van der Waals surface area contributed by atoms with Gasteiger partial charge in [-0.25, -0.2) is 4.79 Å². The number of benzene rings is 1. The second-order valence-corrected chi connectivity index (χ2v) is 3.77. The Morgan fingerprint density at radius 3 is 2.67 bits per heavy atom. The summed E-state index contributed by atoms with van der Waals surface area (Å²) in [4.78, 5) is 11.3. The minimum Gasteiger partial charge on any atom is -0.465 e. The Morgan fingerprint density at radius 1 is 1.39 bits per heavy atom. The van der Waals surface area contributed by atoms with Crippen molar-refractivity contribution in [3.63, 3.8) is 0 Å². The van der Waals surface area contributed by atoms with E-state index in [1.54, 1.807) is 23.0 Å². The van der Waals surface area contributed by atoms with Crippen LogP contribution in [0.4, 0.5) is 5.69 Å². The van der Waals surface area contributed by atoms with Crippen LogP contribution in [0.25, 0.3) is 0 Å². The van der Waals surface area contributed by atoms with Gasteiger partial charge in [0.2, 0.25) is 0 Å². The molecule has 18 heavy (non-hydrogen) atoms. The van der Waals surface area contributed by atoms with Crippen molar-refractivity contribution in [1.82, 2.24) is 15.0 Å². The van der Waals surface area contributed by atoms with E-state index < -0.39 is 0 Å². The van der Waals surface area contributed by atoms with E-state index in [-0.39, 0.29) is 5.97 Å². The smallest absolute Gasteiger partial charge is 0.337 e. The summed E-state index contributed by atoms with van der Waals surface area (Å²) in [7, 11) is 3.20. The summed E-state index contributed by atoms with van der Waals surface area (Å²) in [6.07, 6.45) is 1.70. The van der Waals surface area contributed by atoms with Crippen LogP contribution in [0.5, 0.6) is 0 Å². The normalized spacial score (nSPS) is 10.1. The van der Waals surface area contributed by atoms with Gasteiger partial charge >= 0.3 is 5.97 Å². The maximum atomic E-state index is 11.3. The van der Waals surface area contributed by atoms with Crippen molar-refractivity contribution in [2.24, 2.45) is 7.05 Å². The molecule has 1 aromatic carbocycles. The largest absolute Gasteiger partial charge is 0.465 e. The third kappa shape index (κ3) is 2.65. The van der Waals surface area contributed by atoms with Crippen molar-refractivity contribution >= 4 is 11.7 Å². The predicted octanol–water partition coefficient (Wildman–Crippen LogP) is 1.21. The van der Waals surface area contributed by atoms with Crippen molar-refractivity contribution in [2.45, 2.75) is 6.54 Å². The number of carbonyl (C=O) groups excluding carboxylic acids is 1. The van der Waals surface area contributed by atoms with Crippen LogP contribution >= 0.6 is 0 Å². The summed E-state index contributed by atoms with van der Waals surface area (Å²) in [6.45, 7) is 0.626. The maximum Gasteiger partial charge on any atom is 0.337 e. The fourth-order valence-corrected chi connectivity index (χ4v) is 1.51. The second kappa shape index (κ2) is 5.31. The van der Waals surface area contributed by atoms with Crippen molar-refractivity contribution in [3.05, 3.63) is 41.7 Å². The molecule has 1 aromatic heterocycles. The highest BCUT2D eigenvalue weighted by atomic mass is 16.5. The zero-order chi connectivity index (χ0) is 13.0. The van der Waals surface area contributed by atoms with Crippen LogP contribution in [0.3, 0.4) is 0 Å². The van der Waals surface area contributed by atoms with Crippen LogP contribution in [-0.4, -0.2) is 28.1 Å². The highest BCUT2D eigenvalue weighted by molar-refractivity contribution is 5.89. The molecule has 2 rings (SSSR count). The molecule has 0 aliphatic heterocycles. The highest BCUT2D eigenvalue weighted by Gasteiger charge is 2.04. The average molecular weight is 246 g/mol. The molecule has 0 bridgehead atoms. The summed E-state index contributed by atoms with van der Waals surface area (Å²) in [5.41, 5.74) is 2.43. The van der Waals surface area contributed by atoms with Crippen LogP contribution in [0.2, 0.25) is 0 Å². The summed E-state index contributed by atoms with van der Waals surface area (Å²) >= 11 is 0. The summed E-state index contributed by atoms with van der Waals surface area (Å²) in [6, 6.07) is 7.09. The molecule has 0 aliphatic carbocycles. The highest BCUT2D eigenvalue weighted by Crippen LogP contribution is 2.11. The third-order valence-electron chi connectivity index (χ3n) is 2.59. The molecular weight excluding hydrogens is 232 g/mol. The Labute approximate surface area is 105 Å². The van der Waals surface area contributed by atoms with Crippen LogP contribution in [0.1, 0.15) is 16.1 Å². The number of hydrogen-bond acceptors (Lipinski definition) is 5. The van der Waals surface area contributed by atoms with Gasteiger partial charge in [-0.3, -0.25) is 4.68 Å². The van der Waals surface area contributed by atoms with Crippen LogP contribution in [0.15, 0.2) is 30.5 Å². The van der Waals surface area contributed by atoms with Gasteiger partial charge in [-0.1, -0.05) is 5.21 Å². The molecule has 1 N–H and O–H groups in total. The van der Waals surface area contributed by atoms with E-state index in [4.69, 9.17) is 0 Å². The van der Waals surface area contributed by atoms with Gasteiger partial charge in [0.15, 0.2) is 0 Å². The Hall–Kier alpha value is -2.37. The minimum atomic E-state index is -0.336. The second-order valence-electron chi connectivity index (χ2n) is 3.77. The number of aromatic nitrogens is 3. The fourth-order valence-electron chi connectivity index (χ4n) is 1.51. The van der Waals surface area contributed by atoms with Crippen molar-refractivity contribution in [1.29, 1.82) is 0 Å². The van der Waals surface area contributed by atoms with E-state index in [0.29, 0.717) is 12.1 Å². The number of methoxy groups -OCH3 is 1. The number of aryl methyl sites for hydroxylation is 1. The molecule has 0 saturated heterocycles. The molecule has 0 aliphatic rings. The van der Waals surface area contributed by atoms with Gasteiger partial charge in [-0.05, 0) is 24.3 Å². The van der Waals surface area contributed by atoms with Gasteiger partial charge in [0.05, 0.1) is 31.1 Å². The molecule has 0 spiro atoms. The first-order chi connectivity index (χ1) is 8.70. The van der Waals surface area contributed by atoms with Gasteiger partial charge < -0.3 is 10.1 Å². The van der Waals surface area contributed by atoms with Crippen LogP contribution in [0, 0.1) is 0 Å². The molecule has 0 atom stereocenters. The molecule has 6 nitrogen and oxygen atoms in total. The number of nitrogens with one attached hydrogen (secondary N) is 1. The first-order valence-corrected chi connectivity index (χ1v) is 5.46. The van der Waals surface area contributed by atoms with E-state index in [1.807, 2.05) is 19.2 Å². The van der Waals surface area contributed by atoms with Gasteiger partial charge in [0.1, 0.15) is 0 Å². The number of anilines is 1. The van der Waals surface area contributed by atoms with Gasteiger partial charge in [-0.2, -0.15) is 0 Å². The molecule has 0 saturated carbocycles. The number of rotatable bonds is 4. The molecular formula is C12H14N4O2. The fraction of sp³-hybridized carbons (Fsp3) is 0.250. The predicted molar refractivity (Wildman–Crippen MR) is 66.1 cm³/mol. The molecule has 6 heteroatoms. The summed E-state index contributed by atoms with van der Waals surface area (Å²) in [5.74, 6) is -0.336. The number of ether oxygens (including phenoxy) is 1. The van der Waals surface area contributed by atoms with E-state index >= 15 is 0 Å².